The molecule has 2 amide bonds. The van der Waals surface area contributed by atoms with Gasteiger partial charge in [0.25, 0.3) is 5.91 Å². The van der Waals surface area contributed by atoms with Crippen LogP contribution in [0.1, 0.15) is 47.4 Å². The smallest absolute Gasteiger partial charge is 0.494 e. The van der Waals surface area contributed by atoms with E-state index in [1.54, 1.807) is 10.9 Å². The zero-order valence-electron chi connectivity index (χ0n) is 26.4. The number of benzene rings is 2. The third-order valence-electron chi connectivity index (χ3n) is 9.04. The molecule has 0 radical (unpaired) electrons. The van der Waals surface area contributed by atoms with Gasteiger partial charge in [-0.1, -0.05) is 0 Å². The molecule has 0 spiro atoms. The van der Waals surface area contributed by atoms with E-state index >= 15 is 0 Å². The second kappa shape index (κ2) is 11.1. The van der Waals surface area contributed by atoms with Crippen LogP contribution >= 0.6 is 0 Å². The number of ether oxygens (including phenoxy) is 4. The topological polar surface area (TPSA) is 160 Å². The highest BCUT2D eigenvalue weighted by atomic mass is 19.4. The van der Waals surface area contributed by atoms with E-state index in [0.717, 1.165) is 37.1 Å². The molecule has 4 aromatic rings. The van der Waals surface area contributed by atoms with Gasteiger partial charge in [-0.2, -0.15) is 35.8 Å². The van der Waals surface area contributed by atoms with Crippen LogP contribution in [0.4, 0.5) is 30.7 Å². The van der Waals surface area contributed by atoms with Crippen LogP contribution in [-0.2, 0) is 15.8 Å². The summed E-state index contributed by atoms with van der Waals surface area (Å²) in [5, 5.41) is 18.4. The molecule has 2 aromatic carbocycles. The molecule has 2 aromatic heterocycles. The number of nitrogens with zero attached hydrogens (tertiary/aromatic N) is 3. The number of carbonyl (C=O) groups is 2. The lowest BCUT2D eigenvalue weighted by atomic mass is 9.81. The van der Waals surface area contributed by atoms with Crippen molar-refractivity contribution >= 4 is 22.7 Å². The van der Waals surface area contributed by atoms with E-state index in [2.05, 4.69) is 24.9 Å². The Balaban J connectivity index is 1.29. The van der Waals surface area contributed by atoms with E-state index in [4.69, 9.17) is 15.2 Å². The lowest BCUT2D eigenvalue weighted by Gasteiger charge is -2.32. The van der Waals surface area contributed by atoms with Gasteiger partial charge in [0.1, 0.15) is 34.7 Å². The van der Waals surface area contributed by atoms with Crippen LogP contribution < -0.4 is 30.0 Å². The number of amides is 2. The van der Waals surface area contributed by atoms with E-state index < -0.39 is 77.3 Å². The average Bonchev–Trinajstić information content (AvgIpc) is 3.73. The predicted octanol–water partition coefficient (Wildman–Crippen LogP) is 4.71. The molecule has 12 nitrogen and oxygen atoms in total. The highest BCUT2D eigenvalue weighted by Crippen LogP contribution is 2.51. The SMILES string of the molecule is COc1cc(C(=O)NC[C@@](O)(c2cc3c(c(-c4ccc5c(c4)OC(F)(F)C(F)(F)O5)n2)OC[C@]3(C)C(N)=O)C(F)(F)F)cc2cn(C3CC3)nc12. The highest BCUT2D eigenvalue weighted by molar-refractivity contribution is 6.00. The number of hydrogen-bond donors (Lipinski definition) is 3. The number of nitrogens with two attached hydrogens (primary N) is 1. The number of carbonyl (C=O) groups excluding carboxylic acids is 2. The highest BCUT2D eigenvalue weighted by Gasteiger charge is 2.66. The van der Waals surface area contributed by atoms with Crippen LogP contribution in [0.2, 0.25) is 0 Å². The van der Waals surface area contributed by atoms with Gasteiger partial charge in [-0.15, -0.1) is 0 Å². The quantitative estimate of drug-likeness (QED) is 0.219. The number of alkyl halides is 7. The molecular weight excluding hydrogens is 699 g/mol. The van der Waals surface area contributed by atoms with Gasteiger partial charge < -0.3 is 35.1 Å². The molecule has 1 saturated carbocycles. The molecule has 51 heavy (non-hydrogen) atoms. The van der Waals surface area contributed by atoms with Crippen molar-refractivity contribution in [3.8, 4) is 34.3 Å². The van der Waals surface area contributed by atoms with Crippen molar-refractivity contribution in [2.24, 2.45) is 5.73 Å². The van der Waals surface area contributed by atoms with E-state index in [1.165, 1.54) is 26.2 Å². The zero-order valence-corrected chi connectivity index (χ0v) is 26.4. The number of nitrogens with one attached hydrogen (secondary N) is 1. The van der Waals surface area contributed by atoms with Crippen LogP contribution in [0.15, 0.2) is 42.6 Å². The van der Waals surface area contributed by atoms with Gasteiger partial charge in [-0.05, 0) is 56.2 Å². The average molecular weight is 726 g/mol. The summed E-state index contributed by atoms with van der Waals surface area (Å²) in [5.74, 6) is -3.95. The molecule has 4 heterocycles. The minimum absolute atomic E-state index is 0.116. The summed E-state index contributed by atoms with van der Waals surface area (Å²) in [6.45, 7) is -0.739. The summed E-state index contributed by atoms with van der Waals surface area (Å²) >= 11 is 0. The number of halogens is 7. The maximum Gasteiger partial charge on any atom is 0.507 e. The molecule has 19 heteroatoms. The number of primary amides is 1. The van der Waals surface area contributed by atoms with Gasteiger partial charge in [-0.25, -0.2) is 4.98 Å². The maximum atomic E-state index is 14.9. The minimum Gasteiger partial charge on any atom is -0.494 e. The largest absolute Gasteiger partial charge is 0.507 e. The van der Waals surface area contributed by atoms with Crippen LogP contribution in [0.5, 0.6) is 23.0 Å². The van der Waals surface area contributed by atoms with Crippen LogP contribution in [-0.4, -0.2) is 70.3 Å². The third-order valence-corrected chi connectivity index (χ3v) is 9.04. The fourth-order valence-electron chi connectivity index (χ4n) is 5.79. The first-order valence-electron chi connectivity index (χ1n) is 15.2. The number of aliphatic hydroxyl groups is 1. The Morgan fingerprint density at radius 1 is 1.08 bits per heavy atom. The molecule has 7 rings (SSSR count). The lowest BCUT2D eigenvalue weighted by Crippen LogP contribution is -2.52. The van der Waals surface area contributed by atoms with E-state index in [9.17, 15) is 45.4 Å². The molecule has 2 atom stereocenters. The molecule has 270 valence electrons. The Labute approximate surface area is 282 Å². The van der Waals surface area contributed by atoms with Gasteiger partial charge in [0.05, 0.1) is 25.4 Å². The summed E-state index contributed by atoms with van der Waals surface area (Å²) in [4.78, 5) is 29.8. The fraction of sp³-hybridized carbons (Fsp3) is 0.375. The van der Waals surface area contributed by atoms with Crippen molar-refractivity contribution in [1.82, 2.24) is 20.1 Å². The summed E-state index contributed by atoms with van der Waals surface area (Å²) in [7, 11) is 1.33. The Morgan fingerprint density at radius 3 is 2.39 bits per heavy atom. The molecule has 3 aliphatic rings. The van der Waals surface area contributed by atoms with Crippen molar-refractivity contribution in [1.29, 1.82) is 0 Å². The van der Waals surface area contributed by atoms with Crippen LogP contribution in [0, 0.1) is 0 Å². The maximum absolute atomic E-state index is 14.9. The molecule has 2 aliphatic heterocycles. The molecular formula is C32H26F7N5O7. The number of fused-ring (bicyclic) bond motifs is 3. The first kappa shape index (κ1) is 34.1. The standard InChI is InChI=1S/C32H26F7N5O7/c1-28(27(40)46)13-49-25-18(28)10-22(42-24(25)14-3-6-19-20(8-14)51-32(38,39)31(36,37)50-19)29(47,30(33,34)35)12-41-26(45)15-7-16-11-44(17-4-5-17)43-23(16)21(9-15)48-2/h3,6-11,17,47H,4-5,12-13H2,1-2H3,(H2,40,46)(H,41,45)/t28-,29+/m0/s1. The van der Waals surface area contributed by atoms with Gasteiger partial charge in [-0.3, -0.25) is 14.3 Å². The Bertz CT molecular complexity index is 2120. The van der Waals surface area contributed by atoms with Gasteiger partial charge in [0.15, 0.2) is 11.5 Å². The van der Waals surface area contributed by atoms with E-state index in [1.807, 2.05) is 0 Å². The number of pyridine rings is 1. The normalized spacial score (nSPS) is 21.4. The number of aromatic nitrogens is 3. The lowest BCUT2D eigenvalue weighted by molar-refractivity contribution is -0.391. The molecule has 0 saturated heterocycles. The number of hydrogen-bond acceptors (Lipinski definition) is 9. The third kappa shape index (κ3) is 5.40. The first-order chi connectivity index (χ1) is 23.8. The second-order valence-corrected chi connectivity index (χ2v) is 12.6. The Hall–Kier alpha value is -5.33. The number of methoxy groups -OCH3 is 1. The Morgan fingerprint density at radius 2 is 1.76 bits per heavy atom. The van der Waals surface area contributed by atoms with Crippen molar-refractivity contribution in [3.05, 3.63) is 59.4 Å². The predicted molar refractivity (Wildman–Crippen MR) is 160 cm³/mol. The van der Waals surface area contributed by atoms with Crippen LogP contribution in [0.25, 0.3) is 22.2 Å². The van der Waals surface area contributed by atoms with Crippen LogP contribution in [0.3, 0.4) is 0 Å². The zero-order chi connectivity index (χ0) is 36.9. The molecule has 4 N–H and O–H groups in total. The monoisotopic (exact) mass is 725 g/mol. The molecule has 0 unspecified atom stereocenters. The van der Waals surface area contributed by atoms with Gasteiger partial charge in [0.2, 0.25) is 11.5 Å². The van der Waals surface area contributed by atoms with E-state index in [-0.39, 0.29) is 34.2 Å². The van der Waals surface area contributed by atoms with Crippen molar-refractivity contribution < 1.29 is 64.4 Å². The summed E-state index contributed by atoms with van der Waals surface area (Å²) in [6.07, 6.45) is -12.2. The fourth-order valence-corrected chi connectivity index (χ4v) is 5.79. The number of rotatable bonds is 8. The van der Waals surface area contributed by atoms with Crippen molar-refractivity contribution in [3.63, 3.8) is 0 Å². The minimum atomic E-state index is -5.53. The van der Waals surface area contributed by atoms with Crippen molar-refractivity contribution in [2.45, 2.75) is 55.2 Å². The molecule has 1 fully saturated rings. The van der Waals surface area contributed by atoms with Gasteiger partial charge in [0, 0.05) is 28.3 Å². The summed E-state index contributed by atoms with van der Waals surface area (Å²) in [6, 6.07) is 6.10. The Kier molecular flexibility index (Phi) is 7.42. The summed E-state index contributed by atoms with van der Waals surface area (Å²) in [5.41, 5.74) is -2.08. The summed E-state index contributed by atoms with van der Waals surface area (Å²) < 4.78 is 121. The second-order valence-electron chi connectivity index (χ2n) is 12.6. The van der Waals surface area contributed by atoms with Gasteiger partial charge >= 0.3 is 18.4 Å². The first-order valence-corrected chi connectivity index (χ1v) is 15.2. The van der Waals surface area contributed by atoms with E-state index in [0.29, 0.717) is 10.9 Å². The van der Waals surface area contributed by atoms with Crippen molar-refractivity contribution in [2.75, 3.05) is 20.3 Å². The molecule has 0 bridgehead atoms. The molecule has 1 aliphatic carbocycles.